The molecule has 0 bridgehead atoms. The summed E-state index contributed by atoms with van der Waals surface area (Å²) in [5, 5.41) is 16.7. The summed E-state index contributed by atoms with van der Waals surface area (Å²) in [6.07, 6.45) is 0.221. The Balaban J connectivity index is 1.86. The van der Waals surface area contributed by atoms with E-state index in [0.29, 0.717) is 11.3 Å². The molecule has 0 unspecified atom stereocenters. The number of hydrogen-bond donors (Lipinski definition) is 5. The Morgan fingerprint density at radius 3 is 2.18 bits per heavy atom. The molecule has 0 radical (unpaired) electrons. The minimum Gasteiger partial charge on any atom is -0.508 e. The lowest BCUT2D eigenvalue weighted by Gasteiger charge is -2.13. The van der Waals surface area contributed by atoms with Crippen molar-refractivity contribution in [1.82, 2.24) is 10.6 Å². The first kappa shape index (κ1) is 20.9. The zero-order chi connectivity index (χ0) is 20.7. The topological polar surface area (TPSA) is 134 Å². The van der Waals surface area contributed by atoms with Gasteiger partial charge in [0.05, 0.1) is 6.04 Å². The number of anilines is 1. The molecular formula is C20H24N4O4. The fourth-order valence-corrected chi connectivity index (χ4v) is 2.40. The van der Waals surface area contributed by atoms with Crippen LogP contribution in [0.4, 0.5) is 10.5 Å². The van der Waals surface area contributed by atoms with Gasteiger partial charge in [0.2, 0.25) is 5.91 Å². The molecule has 0 saturated heterocycles. The Morgan fingerprint density at radius 1 is 1.00 bits per heavy atom. The maximum absolute atomic E-state index is 12.1. The summed E-state index contributed by atoms with van der Waals surface area (Å²) in [6.45, 7) is 3.73. The van der Waals surface area contributed by atoms with Gasteiger partial charge >= 0.3 is 6.03 Å². The van der Waals surface area contributed by atoms with E-state index in [1.54, 1.807) is 36.4 Å². The van der Waals surface area contributed by atoms with Crippen LogP contribution in [0.25, 0.3) is 0 Å². The van der Waals surface area contributed by atoms with Crippen LogP contribution in [0.15, 0.2) is 48.5 Å². The molecule has 0 aliphatic heterocycles. The van der Waals surface area contributed by atoms with Crippen LogP contribution >= 0.6 is 0 Å². The second kappa shape index (κ2) is 9.52. The van der Waals surface area contributed by atoms with Crippen molar-refractivity contribution in [3.05, 3.63) is 59.7 Å². The molecule has 0 aliphatic rings. The molecule has 1 atom stereocenters. The second-order valence-corrected chi connectivity index (χ2v) is 6.63. The van der Waals surface area contributed by atoms with Crippen molar-refractivity contribution < 1.29 is 19.5 Å². The fraction of sp³-hybridized carbons (Fsp3) is 0.250. The standard InChI is InChI=1S/C20H24N4O4/c1-12(2)22-18(26)14-5-7-15(8-6-14)23-20(28)24-19(27)17(21)11-13-3-9-16(25)10-4-13/h3-10,12,17,25H,11,21H2,1-2H3,(H,22,26)(H2,23,24,27,28)/t17-/m0/s1. The molecule has 2 rings (SSSR count). The van der Waals surface area contributed by atoms with Crippen LogP contribution in [0.3, 0.4) is 0 Å². The van der Waals surface area contributed by atoms with Crippen LogP contribution in [0.5, 0.6) is 5.75 Å². The smallest absolute Gasteiger partial charge is 0.325 e. The molecule has 2 aromatic carbocycles. The number of carbonyl (C=O) groups is 3. The summed E-state index contributed by atoms with van der Waals surface area (Å²) in [4.78, 5) is 35.9. The van der Waals surface area contributed by atoms with Gasteiger partial charge in [-0.05, 0) is 62.2 Å². The number of imide groups is 1. The largest absolute Gasteiger partial charge is 0.508 e. The third-order valence-electron chi connectivity index (χ3n) is 3.79. The number of aromatic hydroxyl groups is 1. The van der Waals surface area contributed by atoms with Crippen molar-refractivity contribution in [2.24, 2.45) is 5.73 Å². The number of benzene rings is 2. The normalized spacial score (nSPS) is 11.6. The first-order valence-electron chi connectivity index (χ1n) is 8.81. The van der Waals surface area contributed by atoms with Gasteiger partial charge in [-0.1, -0.05) is 12.1 Å². The van der Waals surface area contributed by atoms with E-state index in [-0.39, 0.29) is 24.1 Å². The lowest BCUT2D eigenvalue weighted by molar-refractivity contribution is -0.121. The molecule has 6 N–H and O–H groups in total. The van der Waals surface area contributed by atoms with Crippen molar-refractivity contribution in [1.29, 1.82) is 0 Å². The highest BCUT2D eigenvalue weighted by molar-refractivity contribution is 6.03. The van der Waals surface area contributed by atoms with Gasteiger partial charge in [-0.3, -0.25) is 14.9 Å². The zero-order valence-corrected chi connectivity index (χ0v) is 15.7. The van der Waals surface area contributed by atoms with Crippen molar-refractivity contribution in [2.75, 3.05) is 5.32 Å². The predicted molar refractivity (Wildman–Crippen MR) is 106 cm³/mol. The van der Waals surface area contributed by atoms with Crippen molar-refractivity contribution in [3.63, 3.8) is 0 Å². The number of rotatable bonds is 6. The van der Waals surface area contributed by atoms with Gasteiger partial charge in [0.15, 0.2) is 0 Å². The van der Waals surface area contributed by atoms with Gasteiger partial charge in [-0.25, -0.2) is 4.79 Å². The zero-order valence-electron chi connectivity index (χ0n) is 15.7. The summed E-state index contributed by atoms with van der Waals surface area (Å²) >= 11 is 0. The quantitative estimate of drug-likeness (QED) is 0.517. The number of phenols is 1. The molecule has 0 spiro atoms. The van der Waals surface area contributed by atoms with E-state index < -0.39 is 18.0 Å². The number of amides is 4. The van der Waals surface area contributed by atoms with Crippen LogP contribution in [0.1, 0.15) is 29.8 Å². The molecule has 0 saturated carbocycles. The predicted octanol–water partition coefficient (Wildman–Crippen LogP) is 1.75. The van der Waals surface area contributed by atoms with Crippen LogP contribution in [-0.4, -0.2) is 35.0 Å². The highest BCUT2D eigenvalue weighted by atomic mass is 16.3. The van der Waals surface area contributed by atoms with Gasteiger partial charge in [0.1, 0.15) is 5.75 Å². The Hall–Kier alpha value is -3.39. The SMILES string of the molecule is CC(C)NC(=O)c1ccc(NC(=O)NC(=O)[C@@H](N)Cc2ccc(O)cc2)cc1. The van der Waals surface area contributed by atoms with Gasteiger partial charge < -0.3 is 21.5 Å². The summed E-state index contributed by atoms with van der Waals surface area (Å²) in [5.41, 5.74) is 7.48. The lowest BCUT2D eigenvalue weighted by atomic mass is 10.1. The molecule has 2 aromatic rings. The van der Waals surface area contributed by atoms with E-state index in [9.17, 15) is 19.5 Å². The average Bonchev–Trinajstić information content (AvgIpc) is 2.63. The first-order chi connectivity index (χ1) is 13.2. The molecule has 0 heterocycles. The van der Waals surface area contributed by atoms with Crippen molar-refractivity contribution in [3.8, 4) is 5.75 Å². The number of phenolic OH excluding ortho intramolecular Hbond substituents is 1. The maximum Gasteiger partial charge on any atom is 0.325 e. The molecule has 0 aliphatic carbocycles. The second-order valence-electron chi connectivity index (χ2n) is 6.63. The van der Waals surface area contributed by atoms with Crippen LogP contribution in [0, 0.1) is 0 Å². The maximum atomic E-state index is 12.1. The highest BCUT2D eigenvalue weighted by Crippen LogP contribution is 2.11. The fourth-order valence-electron chi connectivity index (χ4n) is 2.40. The third-order valence-corrected chi connectivity index (χ3v) is 3.79. The minimum atomic E-state index is -0.919. The molecule has 8 nitrogen and oxygen atoms in total. The molecular weight excluding hydrogens is 360 g/mol. The minimum absolute atomic E-state index is 0.0212. The Kier molecular flexibility index (Phi) is 7.11. The van der Waals surface area contributed by atoms with Crippen LogP contribution < -0.4 is 21.7 Å². The molecule has 28 heavy (non-hydrogen) atoms. The van der Waals surface area contributed by atoms with E-state index in [0.717, 1.165) is 5.56 Å². The number of nitrogens with one attached hydrogen (secondary N) is 3. The van der Waals surface area contributed by atoms with E-state index in [2.05, 4.69) is 16.0 Å². The number of urea groups is 1. The number of nitrogens with two attached hydrogens (primary N) is 1. The monoisotopic (exact) mass is 384 g/mol. The van der Waals surface area contributed by atoms with Gasteiger partial charge in [-0.15, -0.1) is 0 Å². The molecule has 148 valence electrons. The van der Waals surface area contributed by atoms with Gasteiger partial charge in [0, 0.05) is 17.3 Å². The highest BCUT2D eigenvalue weighted by Gasteiger charge is 2.17. The summed E-state index contributed by atoms with van der Waals surface area (Å²) in [7, 11) is 0. The number of hydrogen-bond acceptors (Lipinski definition) is 5. The van der Waals surface area contributed by atoms with E-state index in [1.165, 1.54) is 12.1 Å². The Bertz CT molecular complexity index is 832. The molecule has 0 aromatic heterocycles. The Labute approximate surface area is 163 Å². The Morgan fingerprint density at radius 2 is 1.61 bits per heavy atom. The van der Waals surface area contributed by atoms with E-state index >= 15 is 0 Å². The summed E-state index contributed by atoms with van der Waals surface area (Å²) in [6, 6.07) is 11.0. The van der Waals surface area contributed by atoms with E-state index in [1.807, 2.05) is 13.8 Å². The van der Waals surface area contributed by atoms with Gasteiger partial charge in [-0.2, -0.15) is 0 Å². The van der Waals surface area contributed by atoms with Gasteiger partial charge in [0.25, 0.3) is 5.91 Å². The average molecular weight is 384 g/mol. The third kappa shape index (κ3) is 6.40. The van der Waals surface area contributed by atoms with E-state index in [4.69, 9.17) is 5.73 Å². The molecule has 8 heteroatoms. The van der Waals surface area contributed by atoms with Crippen LogP contribution in [-0.2, 0) is 11.2 Å². The molecule has 4 amide bonds. The summed E-state index contributed by atoms with van der Waals surface area (Å²) in [5.74, 6) is -0.714. The van der Waals surface area contributed by atoms with Crippen molar-refractivity contribution in [2.45, 2.75) is 32.4 Å². The first-order valence-corrected chi connectivity index (χ1v) is 8.81. The van der Waals surface area contributed by atoms with Crippen molar-refractivity contribution >= 4 is 23.5 Å². The summed E-state index contributed by atoms with van der Waals surface area (Å²) < 4.78 is 0. The number of carbonyl (C=O) groups excluding carboxylic acids is 3. The lowest BCUT2D eigenvalue weighted by Crippen LogP contribution is -2.46. The van der Waals surface area contributed by atoms with Crippen LogP contribution in [0.2, 0.25) is 0 Å². The molecule has 0 fully saturated rings.